The van der Waals surface area contributed by atoms with E-state index in [9.17, 15) is 13.2 Å². The van der Waals surface area contributed by atoms with E-state index in [-0.39, 0.29) is 5.91 Å². The highest BCUT2D eigenvalue weighted by molar-refractivity contribution is 7.89. The smallest absolute Gasteiger partial charge is 0.246 e. The van der Waals surface area contributed by atoms with Gasteiger partial charge in [-0.15, -0.1) is 0 Å². The van der Waals surface area contributed by atoms with Gasteiger partial charge in [-0.1, -0.05) is 17.7 Å². The first-order valence-electron chi connectivity index (χ1n) is 10.1. The zero-order valence-corrected chi connectivity index (χ0v) is 19.4. The Morgan fingerprint density at radius 3 is 2.07 bits per heavy atom. The number of aryl methyl sites for hydroxylation is 5. The predicted molar refractivity (Wildman–Crippen MR) is 118 cm³/mol. The predicted octanol–water partition coefficient (Wildman–Crippen LogP) is 2.51. The average molecular weight is 431 g/mol. The van der Waals surface area contributed by atoms with Crippen LogP contribution in [0, 0.1) is 34.6 Å². The Morgan fingerprint density at radius 1 is 1.00 bits per heavy atom. The maximum atomic E-state index is 13.2. The molecule has 0 aliphatic carbocycles. The van der Waals surface area contributed by atoms with Gasteiger partial charge in [-0.2, -0.15) is 9.40 Å². The van der Waals surface area contributed by atoms with E-state index in [2.05, 4.69) is 5.10 Å². The van der Waals surface area contributed by atoms with Gasteiger partial charge in [0.2, 0.25) is 15.9 Å². The molecule has 0 atom stereocenters. The number of hydrogen-bond donors (Lipinski definition) is 0. The van der Waals surface area contributed by atoms with Crippen molar-refractivity contribution in [2.75, 3.05) is 26.2 Å². The third-order valence-electron chi connectivity index (χ3n) is 5.71. The lowest BCUT2D eigenvalue weighted by molar-refractivity contribution is -0.127. The fraction of sp³-hybridized carbons (Fsp3) is 0.455. The number of rotatable bonds is 4. The average Bonchev–Trinajstić information content (AvgIpc) is 2.90. The zero-order chi connectivity index (χ0) is 22.2. The van der Waals surface area contributed by atoms with Crippen LogP contribution in [0.15, 0.2) is 23.1 Å². The quantitative estimate of drug-likeness (QED) is 0.699. The SMILES string of the molecule is Cc1cc(C)c(S(=O)(=O)N2CCN(C(=O)C=Cc3c(C)nn(C)c3C)CC2)c(C)c1. The number of nitrogens with zero attached hydrogens (tertiary/aromatic N) is 4. The molecule has 0 radical (unpaired) electrons. The van der Waals surface area contributed by atoms with E-state index in [1.807, 2.05) is 53.8 Å². The first-order chi connectivity index (χ1) is 14.0. The molecule has 8 heteroatoms. The topological polar surface area (TPSA) is 75.5 Å². The van der Waals surface area contributed by atoms with Crippen molar-refractivity contribution in [1.82, 2.24) is 19.0 Å². The molecule has 0 N–H and O–H groups in total. The molecular weight excluding hydrogens is 400 g/mol. The Morgan fingerprint density at radius 2 is 1.57 bits per heavy atom. The van der Waals surface area contributed by atoms with Crippen molar-refractivity contribution < 1.29 is 13.2 Å². The van der Waals surface area contributed by atoms with Gasteiger partial charge in [-0.25, -0.2) is 8.42 Å². The lowest BCUT2D eigenvalue weighted by Crippen LogP contribution is -2.50. The number of hydrogen-bond acceptors (Lipinski definition) is 4. The minimum absolute atomic E-state index is 0.114. The van der Waals surface area contributed by atoms with Crippen LogP contribution in [0.2, 0.25) is 0 Å². The Balaban J connectivity index is 1.70. The van der Waals surface area contributed by atoms with Gasteiger partial charge in [0.15, 0.2) is 0 Å². The minimum Gasteiger partial charge on any atom is -0.337 e. The van der Waals surface area contributed by atoms with Gasteiger partial charge in [-0.05, 0) is 51.8 Å². The van der Waals surface area contributed by atoms with Crippen molar-refractivity contribution in [3.05, 3.63) is 51.9 Å². The molecule has 162 valence electrons. The number of carbonyl (C=O) groups is 1. The highest BCUT2D eigenvalue weighted by atomic mass is 32.2. The maximum absolute atomic E-state index is 13.2. The Labute approximate surface area is 179 Å². The van der Waals surface area contributed by atoms with Crippen molar-refractivity contribution in [1.29, 1.82) is 0 Å². The summed E-state index contributed by atoms with van der Waals surface area (Å²) in [6.07, 6.45) is 3.34. The molecule has 1 saturated heterocycles. The third kappa shape index (κ3) is 4.20. The van der Waals surface area contributed by atoms with Gasteiger partial charge in [0, 0.05) is 50.6 Å². The summed E-state index contributed by atoms with van der Waals surface area (Å²) in [5.74, 6) is -0.114. The van der Waals surface area contributed by atoms with Gasteiger partial charge in [0.25, 0.3) is 0 Å². The normalized spacial score (nSPS) is 15.9. The fourth-order valence-electron chi connectivity index (χ4n) is 4.14. The molecule has 7 nitrogen and oxygen atoms in total. The molecule has 0 bridgehead atoms. The number of piperazine rings is 1. The molecule has 1 aromatic heterocycles. The molecule has 0 spiro atoms. The first kappa shape index (κ1) is 22.2. The van der Waals surface area contributed by atoms with E-state index in [4.69, 9.17) is 0 Å². The lowest BCUT2D eigenvalue weighted by atomic mass is 10.1. The second-order valence-corrected chi connectivity index (χ2v) is 9.87. The standard InChI is InChI=1S/C22H30N4O3S/c1-15-13-16(2)22(17(3)14-15)30(28,29)26-11-9-25(10-12-26)21(27)8-7-20-18(4)23-24(6)19(20)5/h7-8,13-14H,9-12H2,1-6H3. The molecule has 1 aromatic carbocycles. The van der Waals surface area contributed by atoms with Crippen LogP contribution < -0.4 is 0 Å². The van der Waals surface area contributed by atoms with Crippen LogP contribution in [0.1, 0.15) is 33.6 Å². The Kier molecular flexibility index (Phi) is 6.19. The molecule has 30 heavy (non-hydrogen) atoms. The highest BCUT2D eigenvalue weighted by Crippen LogP contribution is 2.26. The summed E-state index contributed by atoms with van der Waals surface area (Å²) >= 11 is 0. The van der Waals surface area contributed by atoms with Crippen molar-refractivity contribution in [2.24, 2.45) is 7.05 Å². The van der Waals surface area contributed by atoms with Gasteiger partial charge < -0.3 is 4.90 Å². The molecule has 1 aliphatic heterocycles. The summed E-state index contributed by atoms with van der Waals surface area (Å²) in [6, 6.07) is 3.79. The van der Waals surface area contributed by atoms with E-state index >= 15 is 0 Å². The number of benzene rings is 1. The molecule has 2 aromatic rings. The maximum Gasteiger partial charge on any atom is 0.246 e. The molecule has 2 heterocycles. The van der Waals surface area contributed by atoms with Crippen molar-refractivity contribution in [2.45, 2.75) is 39.5 Å². The molecule has 1 fully saturated rings. The zero-order valence-electron chi connectivity index (χ0n) is 18.6. The molecule has 0 saturated carbocycles. The molecule has 3 rings (SSSR count). The summed E-state index contributed by atoms with van der Waals surface area (Å²) in [6.45, 7) is 10.8. The van der Waals surface area contributed by atoms with Gasteiger partial charge in [0.1, 0.15) is 0 Å². The molecule has 1 amide bonds. The lowest BCUT2D eigenvalue weighted by Gasteiger charge is -2.34. The van der Waals surface area contributed by atoms with E-state index < -0.39 is 10.0 Å². The van der Waals surface area contributed by atoms with Crippen molar-refractivity contribution in [3.63, 3.8) is 0 Å². The first-order valence-corrected chi connectivity index (χ1v) is 11.5. The molecular formula is C22H30N4O3S. The monoisotopic (exact) mass is 430 g/mol. The van der Waals surface area contributed by atoms with Crippen LogP contribution in [0.25, 0.3) is 6.08 Å². The van der Waals surface area contributed by atoms with Crippen LogP contribution >= 0.6 is 0 Å². The fourth-order valence-corrected chi connectivity index (χ4v) is 5.98. The van der Waals surface area contributed by atoms with Crippen molar-refractivity contribution in [3.8, 4) is 0 Å². The van der Waals surface area contributed by atoms with Crippen LogP contribution in [-0.2, 0) is 21.9 Å². The number of sulfonamides is 1. The third-order valence-corrected chi connectivity index (χ3v) is 7.92. The molecule has 0 unspecified atom stereocenters. The number of carbonyl (C=O) groups excluding carboxylic acids is 1. The van der Waals surface area contributed by atoms with Crippen LogP contribution in [-0.4, -0.2) is 59.5 Å². The molecule has 1 aliphatic rings. The number of amides is 1. The summed E-state index contributed by atoms with van der Waals surface area (Å²) < 4.78 is 29.7. The Hall–Kier alpha value is -2.45. The summed E-state index contributed by atoms with van der Waals surface area (Å²) in [4.78, 5) is 14.7. The van der Waals surface area contributed by atoms with Gasteiger partial charge in [-0.3, -0.25) is 9.48 Å². The van der Waals surface area contributed by atoms with E-state index in [1.54, 1.807) is 21.7 Å². The van der Waals surface area contributed by atoms with Crippen LogP contribution in [0.3, 0.4) is 0 Å². The highest BCUT2D eigenvalue weighted by Gasteiger charge is 2.31. The summed E-state index contributed by atoms with van der Waals surface area (Å²) in [5.41, 5.74) is 5.38. The minimum atomic E-state index is -3.59. The largest absolute Gasteiger partial charge is 0.337 e. The van der Waals surface area contributed by atoms with E-state index in [0.29, 0.717) is 31.1 Å². The summed E-state index contributed by atoms with van der Waals surface area (Å²) in [5, 5.41) is 4.35. The van der Waals surface area contributed by atoms with Crippen LogP contribution in [0.5, 0.6) is 0 Å². The Bertz CT molecular complexity index is 1080. The van der Waals surface area contributed by atoms with E-state index in [1.165, 1.54) is 4.31 Å². The van der Waals surface area contributed by atoms with Crippen LogP contribution in [0.4, 0.5) is 0 Å². The van der Waals surface area contributed by atoms with Gasteiger partial charge in [0.05, 0.1) is 10.6 Å². The van der Waals surface area contributed by atoms with E-state index in [0.717, 1.165) is 33.6 Å². The second kappa shape index (κ2) is 8.35. The number of aromatic nitrogens is 2. The summed E-state index contributed by atoms with van der Waals surface area (Å²) in [7, 11) is -1.71. The second-order valence-electron chi connectivity index (χ2n) is 8.00. The van der Waals surface area contributed by atoms with Gasteiger partial charge >= 0.3 is 0 Å². The van der Waals surface area contributed by atoms with Crippen molar-refractivity contribution >= 4 is 22.0 Å².